The Hall–Kier alpha value is -3.76. The number of ether oxygens (including phenoxy) is 5. The summed E-state index contributed by atoms with van der Waals surface area (Å²) in [6.45, 7) is 19.3. The number of benzene rings is 1. The highest BCUT2D eigenvalue weighted by Crippen LogP contribution is 2.45. The van der Waals surface area contributed by atoms with Crippen LogP contribution in [-0.4, -0.2) is 134 Å². The number of rotatable bonds is 12. The largest absolute Gasteiger partial charge is 0.455 e. The number of aromatic nitrogens is 2. The lowest BCUT2D eigenvalue weighted by Crippen LogP contribution is -2.65. The molecule has 3 aliphatic heterocycles. The van der Waals surface area contributed by atoms with Crippen LogP contribution in [0.1, 0.15) is 94.4 Å². The van der Waals surface area contributed by atoms with Gasteiger partial charge in [-0.25, -0.2) is 19.0 Å². The van der Waals surface area contributed by atoms with Crippen molar-refractivity contribution in [3.8, 4) is 0 Å². The Bertz CT molecular complexity index is 1890. The number of methoxy groups -OCH3 is 1. The molecule has 4 heterocycles. The van der Waals surface area contributed by atoms with Gasteiger partial charge in [0.25, 0.3) is 5.67 Å². The number of ketones is 2. The lowest BCUT2D eigenvalue weighted by atomic mass is 9.73. The number of cyclic esters (lactones) is 1. The maximum absolute atomic E-state index is 17.0. The molecular weight excluding hydrogens is 776 g/mol. The average Bonchev–Trinajstić information content (AvgIpc) is 3.73. The minimum absolute atomic E-state index is 0.0156. The molecule has 334 valence electrons. The van der Waals surface area contributed by atoms with Crippen molar-refractivity contribution in [3.05, 3.63) is 43.2 Å². The number of imidazole rings is 1. The summed E-state index contributed by atoms with van der Waals surface area (Å²) in [4.78, 5) is 65.0. The van der Waals surface area contributed by atoms with E-state index in [2.05, 4.69) is 11.6 Å². The van der Waals surface area contributed by atoms with E-state index >= 15 is 4.39 Å². The Morgan fingerprint density at radius 1 is 1.05 bits per heavy atom. The van der Waals surface area contributed by atoms with E-state index in [1.807, 2.05) is 47.7 Å². The summed E-state index contributed by atoms with van der Waals surface area (Å²) in [6, 6.07) is 6.45. The molecule has 0 radical (unpaired) electrons. The normalized spacial score (nSPS) is 38.4. The number of esters is 1. The molecule has 13 atom stereocenters. The van der Waals surface area contributed by atoms with Crippen molar-refractivity contribution in [2.45, 2.75) is 160 Å². The summed E-state index contributed by atoms with van der Waals surface area (Å²) in [6.07, 6.45) is 0.352. The number of fused-ring (bicyclic) bond motifs is 2. The first-order valence-electron chi connectivity index (χ1n) is 21.4. The SMILES string of the molecule is C=CCN(C)[C@H]1C[C@@H](C)O[C@@](C)(O[C@@H]2[C@@H](C)C(=O)[C@](C)(F)C(=O)O[C@H](CC)[C@@]3(C)OC(=O)N(CCCCn4cnc5ccccc54)[C@@H]3[C@@H](C)C(=O)[C@H](C)C[C@@]2(C)OC)[C@@H]1O. The van der Waals surface area contributed by atoms with Crippen LogP contribution in [0.25, 0.3) is 11.0 Å². The Balaban J connectivity index is 1.51. The van der Waals surface area contributed by atoms with Gasteiger partial charge >= 0.3 is 12.1 Å². The highest BCUT2D eigenvalue weighted by molar-refractivity contribution is 6.08. The van der Waals surface area contributed by atoms with Crippen molar-refractivity contribution in [2.24, 2.45) is 17.8 Å². The van der Waals surface area contributed by atoms with E-state index in [0.717, 1.165) is 18.0 Å². The molecule has 1 N–H and O–H groups in total. The first-order chi connectivity index (χ1) is 28.1. The van der Waals surface area contributed by atoms with Crippen LogP contribution in [0.5, 0.6) is 0 Å². The number of para-hydroxylation sites is 2. The third kappa shape index (κ3) is 8.93. The van der Waals surface area contributed by atoms with E-state index in [4.69, 9.17) is 23.7 Å². The minimum atomic E-state index is -3.20. The summed E-state index contributed by atoms with van der Waals surface area (Å²) in [7, 11) is 3.25. The van der Waals surface area contributed by atoms with Crippen LogP contribution in [0, 0.1) is 17.8 Å². The van der Waals surface area contributed by atoms with Gasteiger partial charge in [0.05, 0.1) is 41.2 Å². The monoisotopic (exact) mass is 842 g/mol. The molecule has 5 rings (SSSR count). The molecule has 3 saturated heterocycles. The molecule has 0 spiro atoms. The van der Waals surface area contributed by atoms with E-state index in [-0.39, 0.29) is 25.2 Å². The van der Waals surface area contributed by atoms with E-state index in [9.17, 15) is 24.3 Å². The number of aliphatic hydroxyl groups is 1. The first-order valence-corrected chi connectivity index (χ1v) is 21.4. The lowest BCUT2D eigenvalue weighted by Gasteiger charge is -2.52. The Kier molecular flexibility index (Phi) is 14.4. The molecule has 0 aliphatic carbocycles. The molecule has 2 aromatic rings. The van der Waals surface area contributed by atoms with Crippen molar-refractivity contribution in [1.82, 2.24) is 19.4 Å². The average molecular weight is 843 g/mol. The molecule has 1 aromatic heterocycles. The van der Waals surface area contributed by atoms with Gasteiger partial charge in [-0.1, -0.05) is 45.9 Å². The summed E-state index contributed by atoms with van der Waals surface area (Å²) in [5.41, 5.74) is -4.40. The molecule has 0 saturated carbocycles. The first kappa shape index (κ1) is 47.3. The smallest absolute Gasteiger partial charge is 0.410 e. The van der Waals surface area contributed by atoms with Crippen molar-refractivity contribution < 1.29 is 52.4 Å². The van der Waals surface area contributed by atoms with Gasteiger partial charge in [-0.2, -0.15) is 0 Å². The maximum Gasteiger partial charge on any atom is 0.410 e. The van der Waals surface area contributed by atoms with Crippen LogP contribution < -0.4 is 0 Å². The standard InChI is InChI=1S/C45H67FN4O10/c1-13-21-48(11)33-24-28(4)58-45(10,38(33)53)59-39-30(6)37(52)43(8,46)40(54)57-34(14-2)44(9)36(29(5)35(51)27(3)25-42(39,7)56-12)50(41(55)60-44)23-18-17-22-49-26-47-31-19-15-16-20-32(31)49/h13,15-16,19-20,26-30,33-34,36,38-39,53H,1,14,17-18,21-25H2,2-12H3/t27-,28-,29+,30+,33+,34-,36-,38-,39-,42-,43+,44-,45+/m1/s1. The van der Waals surface area contributed by atoms with Crippen molar-refractivity contribution >= 4 is 34.7 Å². The zero-order chi connectivity index (χ0) is 44.5. The fraction of sp³-hybridized carbons (Fsp3) is 0.711. The number of unbranched alkanes of at least 4 members (excludes halogenated alkanes) is 1. The summed E-state index contributed by atoms with van der Waals surface area (Å²) >= 11 is 0. The van der Waals surface area contributed by atoms with E-state index < -0.39 is 94.8 Å². The molecule has 1 amide bonds. The van der Waals surface area contributed by atoms with Crippen LogP contribution >= 0.6 is 0 Å². The zero-order valence-corrected chi connectivity index (χ0v) is 37.3. The summed E-state index contributed by atoms with van der Waals surface area (Å²) < 4.78 is 50.3. The van der Waals surface area contributed by atoms with Gasteiger partial charge in [-0.3, -0.25) is 14.5 Å². The van der Waals surface area contributed by atoms with Crippen LogP contribution in [0.4, 0.5) is 9.18 Å². The number of halogens is 1. The predicted octanol–water partition coefficient (Wildman–Crippen LogP) is 6.06. The minimum Gasteiger partial charge on any atom is -0.455 e. The molecule has 60 heavy (non-hydrogen) atoms. The van der Waals surface area contributed by atoms with Gasteiger partial charge in [0.1, 0.15) is 18.0 Å². The van der Waals surface area contributed by atoms with Gasteiger partial charge < -0.3 is 38.3 Å². The fourth-order valence-electron chi connectivity index (χ4n) is 10.1. The number of amides is 1. The van der Waals surface area contributed by atoms with Gasteiger partial charge in [0, 0.05) is 50.5 Å². The second-order valence-corrected chi connectivity index (χ2v) is 18.1. The number of alkyl halides is 1. The van der Waals surface area contributed by atoms with Gasteiger partial charge in [0.2, 0.25) is 0 Å². The van der Waals surface area contributed by atoms with Crippen molar-refractivity contribution in [1.29, 1.82) is 0 Å². The summed E-state index contributed by atoms with van der Waals surface area (Å²) in [5, 5.41) is 11.9. The number of nitrogens with zero attached hydrogens (tertiary/aromatic N) is 4. The Morgan fingerprint density at radius 3 is 2.37 bits per heavy atom. The fourth-order valence-corrected chi connectivity index (χ4v) is 10.1. The molecule has 14 nitrogen and oxygen atoms in total. The second kappa shape index (κ2) is 18.3. The zero-order valence-electron chi connectivity index (χ0n) is 37.3. The number of Topliss-reactive ketones (excluding diaryl/α,β-unsaturated/α-hetero) is 2. The van der Waals surface area contributed by atoms with E-state index in [1.165, 1.54) is 18.9 Å². The van der Waals surface area contributed by atoms with Crippen LogP contribution in [-0.2, 0) is 44.6 Å². The third-order valence-electron chi connectivity index (χ3n) is 13.5. The van der Waals surface area contributed by atoms with E-state index in [1.54, 1.807) is 53.9 Å². The number of carbonyl (C=O) groups excluding carboxylic acids is 4. The number of carbonyl (C=O) groups is 4. The van der Waals surface area contributed by atoms with Crippen molar-refractivity contribution in [3.63, 3.8) is 0 Å². The Labute approximate surface area is 354 Å². The summed E-state index contributed by atoms with van der Waals surface area (Å²) in [5.74, 6) is -7.59. The van der Waals surface area contributed by atoms with E-state index in [0.29, 0.717) is 32.4 Å². The van der Waals surface area contributed by atoms with Gasteiger partial charge in [-0.05, 0) is 85.9 Å². The number of likely N-dealkylation sites (N-methyl/N-ethyl adjacent to an activating group) is 1. The topological polar surface area (TPSA) is 159 Å². The highest BCUT2D eigenvalue weighted by atomic mass is 19.1. The Morgan fingerprint density at radius 2 is 1.72 bits per heavy atom. The predicted molar refractivity (Wildman–Crippen MR) is 223 cm³/mol. The van der Waals surface area contributed by atoms with Gasteiger partial charge in [0.15, 0.2) is 17.2 Å². The maximum atomic E-state index is 17.0. The number of aliphatic hydroxyl groups excluding tert-OH is 1. The molecule has 3 aliphatic rings. The highest BCUT2D eigenvalue weighted by Gasteiger charge is 2.62. The number of aryl methyl sites for hydroxylation is 1. The molecule has 3 fully saturated rings. The number of hydrogen-bond donors (Lipinski definition) is 1. The van der Waals surface area contributed by atoms with Crippen molar-refractivity contribution in [2.75, 3.05) is 27.2 Å². The van der Waals surface area contributed by atoms with Crippen LogP contribution in [0.2, 0.25) is 0 Å². The van der Waals surface area contributed by atoms with Gasteiger partial charge in [-0.15, -0.1) is 6.58 Å². The molecule has 0 bridgehead atoms. The lowest BCUT2D eigenvalue weighted by molar-refractivity contribution is -0.354. The quantitative estimate of drug-likeness (QED) is 0.114. The number of hydrogen-bond acceptors (Lipinski definition) is 12. The molecule has 1 aromatic carbocycles. The molecule has 15 heteroatoms. The molecule has 0 unspecified atom stereocenters. The second-order valence-electron chi connectivity index (χ2n) is 18.1. The third-order valence-corrected chi connectivity index (χ3v) is 13.5. The van der Waals surface area contributed by atoms with Crippen LogP contribution in [0.3, 0.4) is 0 Å². The molecular formula is C45H67FN4O10. The van der Waals surface area contributed by atoms with Crippen LogP contribution in [0.15, 0.2) is 43.2 Å².